The summed E-state index contributed by atoms with van der Waals surface area (Å²) in [6, 6.07) is 10.2. The quantitative estimate of drug-likeness (QED) is 0.769. The third kappa shape index (κ3) is 2.76. The van der Waals surface area contributed by atoms with Crippen LogP contribution in [0.1, 0.15) is 32.1 Å². The van der Waals surface area contributed by atoms with Crippen LogP contribution in [0.3, 0.4) is 0 Å². The minimum atomic E-state index is 0.236. The Labute approximate surface area is 103 Å². The molecule has 0 N–H and O–H groups in total. The lowest BCUT2D eigenvalue weighted by Crippen LogP contribution is -2.10. The molecule has 0 saturated heterocycles. The monoisotopic (exact) mass is 229 g/mol. The highest BCUT2D eigenvalue weighted by atomic mass is 16.5. The fraction of sp³-hybridized carbons (Fsp3) is 0.400. The van der Waals surface area contributed by atoms with Gasteiger partial charge in [-0.1, -0.05) is 56.3 Å². The Hall–Kier alpha value is -1.57. The number of nitrogens with zero attached hydrogens (tertiary/aromatic N) is 1. The summed E-state index contributed by atoms with van der Waals surface area (Å²) < 4.78 is 5.35. The molecular formula is C15H19NO. The predicted molar refractivity (Wildman–Crippen MR) is 69.8 cm³/mol. The predicted octanol–water partition coefficient (Wildman–Crippen LogP) is 4.24. The van der Waals surface area contributed by atoms with Gasteiger partial charge in [0.2, 0.25) is 0 Å². The zero-order chi connectivity index (χ0) is 12.5. The van der Waals surface area contributed by atoms with E-state index in [1.54, 1.807) is 0 Å². The molecule has 2 aromatic rings. The highest BCUT2D eigenvalue weighted by Crippen LogP contribution is 2.30. The zero-order valence-corrected chi connectivity index (χ0v) is 10.9. The van der Waals surface area contributed by atoms with E-state index in [1.165, 1.54) is 5.56 Å². The molecule has 0 aliphatic rings. The lowest BCUT2D eigenvalue weighted by atomic mass is 9.86. The van der Waals surface area contributed by atoms with Crippen molar-refractivity contribution in [2.24, 2.45) is 5.41 Å². The Balaban J connectivity index is 2.43. The molecule has 0 fully saturated rings. The van der Waals surface area contributed by atoms with Crippen LogP contribution in [-0.2, 0) is 6.42 Å². The Morgan fingerprint density at radius 2 is 1.76 bits per heavy atom. The molecule has 0 spiro atoms. The maximum Gasteiger partial charge on any atom is 0.137 e. The Morgan fingerprint density at radius 3 is 2.35 bits per heavy atom. The van der Waals surface area contributed by atoms with Crippen LogP contribution < -0.4 is 0 Å². The van der Waals surface area contributed by atoms with E-state index in [9.17, 15) is 0 Å². The Kier molecular flexibility index (Phi) is 3.05. The molecule has 2 heteroatoms. The van der Waals surface area contributed by atoms with Gasteiger partial charge in [0, 0.05) is 11.1 Å². The molecule has 0 saturated carbocycles. The topological polar surface area (TPSA) is 26.0 Å². The molecule has 2 nitrogen and oxygen atoms in total. The van der Waals surface area contributed by atoms with Gasteiger partial charge in [0.15, 0.2) is 0 Å². The molecule has 1 aromatic heterocycles. The van der Waals surface area contributed by atoms with Crippen LogP contribution in [0.4, 0.5) is 0 Å². The summed E-state index contributed by atoms with van der Waals surface area (Å²) in [5, 5.41) is 4.20. The lowest BCUT2D eigenvalue weighted by Gasteiger charge is -2.17. The molecule has 1 aromatic carbocycles. The minimum Gasteiger partial charge on any atom is -0.361 e. The smallest absolute Gasteiger partial charge is 0.137 e. The lowest BCUT2D eigenvalue weighted by molar-refractivity contribution is 0.385. The number of aromatic nitrogens is 1. The molecular weight excluding hydrogens is 210 g/mol. The van der Waals surface area contributed by atoms with E-state index in [4.69, 9.17) is 4.52 Å². The summed E-state index contributed by atoms with van der Waals surface area (Å²) in [6.45, 7) is 8.68. The van der Waals surface area contributed by atoms with Crippen LogP contribution >= 0.6 is 0 Å². The number of hydrogen-bond acceptors (Lipinski definition) is 2. The molecule has 0 amide bonds. The van der Waals surface area contributed by atoms with Gasteiger partial charge in [-0.05, 0) is 18.8 Å². The summed E-state index contributed by atoms with van der Waals surface area (Å²) in [6.07, 6.45) is 0.979. The summed E-state index contributed by atoms with van der Waals surface area (Å²) in [5.74, 6) is 0.929. The second kappa shape index (κ2) is 4.36. The van der Waals surface area contributed by atoms with E-state index in [-0.39, 0.29) is 5.41 Å². The molecule has 0 unspecified atom stereocenters. The highest BCUT2D eigenvalue weighted by Gasteiger charge is 2.20. The standard InChI is InChI=1S/C15H19NO/c1-11-13(10-15(2,3)4)14(16-17-11)12-8-6-5-7-9-12/h5-9H,10H2,1-4H3. The minimum absolute atomic E-state index is 0.236. The molecule has 0 atom stereocenters. The molecule has 17 heavy (non-hydrogen) atoms. The first kappa shape index (κ1) is 11.9. The summed E-state index contributed by atoms with van der Waals surface area (Å²) >= 11 is 0. The molecule has 0 aliphatic carbocycles. The molecule has 90 valence electrons. The third-order valence-corrected chi connectivity index (χ3v) is 2.74. The Morgan fingerprint density at radius 1 is 1.12 bits per heavy atom. The van der Waals surface area contributed by atoms with Gasteiger partial charge in [-0.25, -0.2) is 0 Å². The van der Waals surface area contributed by atoms with Gasteiger partial charge in [0.05, 0.1) is 0 Å². The largest absolute Gasteiger partial charge is 0.361 e. The average Bonchev–Trinajstić information content (AvgIpc) is 2.60. The van der Waals surface area contributed by atoms with Crippen molar-refractivity contribution in [2.75, 3.05) is 0 Å². The van der Waals surface area contributed by atoms with Crippen LogP contribution in [0, 0.1) is 12.3 Å². The zero-order valence-electron chi connectivity index (χ0n) is 10.9. The maximum atomic E-state index is 5.35. The van der Waals surface area contributed by atoms with E-state index in [1.807, 2.05) is 25.1 Å². The van der Waals surface area contributed by atoms with Gasteiger partial charge in [-0.2, -0.15) is 0 Å². The van der Waals surface area contributed by atoms with E-state index in [0.717, 1.165) is 23.4 Å². The number of benzene rings is 1. The van der Waals surface area contributed by atoms with E-state index >= 15 is 0 Å². The van der Waals surface area contributed by atoms with Crippen molar-refractivity contribution in [2.45, 2.75) is 34.1 Å². The normalized spacial score (nSPS) is 11.8. The third-order valence-electron chi connectivity index (χ3n) is 2.74. The van der Waals surface area contributed by atoms with Crippen molar-refractivity contribution in [3.8, 4) is 11.3 Å². The first-order valence-corrected chi connectivity index (χ1v) is 5.98. The molecule has 1 heterocycles. The molecule has 0 radical (unpaired) electrons. The van der Waals surface area contributed by atoms with Crippen LogP contribution in [0.25, 0.3) is 11.3 Å². The maximum absolute atomic E-state index is 5.35. The first-order valence-electron chi connectivity index (χ1n) is 5.98. The summed E-state index contributed by atoms with van der Waals surface area (Å²) in [7, 11) is 0. The molecule has 0 bridgehead atoms. The molecule has 2 rings (SSSR count). The number of hydrogen-bond donors (Lipinski definition) is 0. The summed E-state index contributed by atoms with van der Waals surface area (Å²) in [4.78, 5) is 0. The average molecular weight is 229 g/mol. The van der Waals surface area contributed by atoms with Crippen molar-refractivity contribution >= 4 is 0 Å². The van der Waals surface area contributed by atoms with Gasteiger partial charge in [-0.15, -0.1) is 0 Å². The van der Waals surface area contributed by atoms with Crippen LogP contribution in [0.5, 0.6) is 0 Å². The van der Waals surface area contributed by atoms with Crippen molar-refractivity contribution < 1.29 is 4.52 Å². The number of aryl methyl sites for hydroxylation is 1. The first-order chi connectivity index (χ1) is 7.97. The van der Waals surface area contributed by atoms with Crippen molar-refractivity contribution in [1.29, 1.82) is 0 Å². The van der Waals surface area contributed by atoms with E-state index in [0.29, 0.717) is 0 Å². The van der Waals surface area contributed by atoms with Crippen LogP contribution in [0.15, 0.2) is 34.9 Å². The Bertz CT molecular complexity index is 491. The van der Waals surface area contributed by atoms with Crippen molar-refractivity contribution in [3.63, 3.8) is 0 Å². The SMILES string of the molecule is Cc1onc(-c2ccccc2)c1CC(C)(C)C. The number of rotatable bonds is 2. The van der Waals surface area contributed by atoms with Crippen LogP contribution in [0.2, 0.25) is 0 Å². The van der Waals surface area contributed by atoms with Gasteiger partial charge < -0.3 is 4.52 Å². The van der Waals surface area contributed by atoms with Crippen molar-refractivity contribution in [1.82, 2.24) is 5.16 Å². The van der Waals surface area contributed by atoms with Crippen molar-refractivity contribution in [3.05, 3.63) is 41.7 Å². The fourth-order valence-electron chi connectivity index (χ4n) is 1.95. The van der Waals surface area contributed by atoms with Gasteiger partial charge in [0.1, 0.15) is 11.5 Å². The molecule has 0 aliphatic heterocycles. The highest BCUT2D eigenvalue weighted by molar-refractivity contribution is 5.63. The van der Waals surface area contributed by atoms with Gasteiger partial charge in [-0.3, -0.25) is 0 Å². The second-order valence-corrected chi connectivity index (χ2v) is 5.67. The van der Waals surface area contributed by atoms with Gasteiger partial charge in [0.25, 0.3) is 0 Å². The van der Waals surface area contributed by atoms with Crippen LogP contribution in [-0.4, -0.2) is 5.16 Å². The summed E-state index contributed by atoms with van der Waals surface area (Å²) in [5.41, 5.74) is 3.57. The van der Waals surface area contributed by atoms with E-state index in [2.05, 4.69) is 38.1 Å². The second-order valence-electron chi connectivity index (χ2n) is 5.67. The van der Waals surface area contributed by atoms with E-state index < -0.39 is 0 Å². The fourth-order valence-corrected chi connectivity index (χ4v) is 1.95. The van der Waals surface area contributed by atoms with Gasteiger partial charge >= 0.3 is 0 Å².